The molecule has 3 aromatic heterocycles. The van der Waals surface area contributed by atoms with Gasteiger partial charge in [-0.05, 0) is 54.2 Å². The van der Waals surface area contributed by atoms with Crippen molar-refractivity contribution in [2.24, 2.45) is 13.0 Å². The Morgan fingerprint density at radius 3 is 2.57 bits per heavy atom. The van der Waals surface area contributed by atoms with Crippen LogP contribution in [0.15, 0.2) is 36.9 Å². The Bertz CT molecular complexity index is 1370. The summed E-state index contributed by atoms with van der Waals surface area (Å²) in [5.41, 5.74) is 6.97. The monoisotopic (exact) mass is 499 g/mol. The lowest BCUT2D eigenvalue weighted by atomic mass is 9.84. The number of hydrogen-bond donors (Lipinski definition) is 0. The van der Waals surface area contributed by atoms with Crippen molar-refractivity contribution in [2.75, 3.05) is 18.0 Å². The van der Waals surface area contributed by atoms with Gasteiger partial charge in [-0.15, -0.1) is 0 Å². The second-order valence-electron chi connectivity index (χ2n) is 11.7. The highest BCUT2D eigenvalue weighted by atomic mass is 15.3. The third-order valence-electron chi connectivity index (χ3n) is 8.00. The highest BCUT2D eigenvalue weighted by Crippen LogP contribution is 2.29. The molecule has 5 rings (SSSR count). The number of benzene rings is 1. The molecule has 7 heteroatoms. The highest BCUT2D eigenvalue weighted by Gasteiger charge is 2.24. The average Bonchev–Trinajstić information content (AvgIpc) is 3.50. The van der Waals surface area contributed by atoms with E-state index in [1.165, 1.54) is 41.8 Å². The molecule has 1 aliphatic rings. The van der Waals surface area contributed by atoms with E-state index in [2.05, 4.69) is 83.0 Å². The largest absolute Gasteiger partial charge is 0.341 e. The first-order valence-corrected chi connectivity index (χ1v) is 13.8. The molecular formula is C30H41N7. The van der Waals surface area contributed by atoms with E-state index >= 15 is 0 Å². The maximum Gasteiger partial charge on any atom is 0.227 e. The Hall–Kier alpha value is -3.22. The molecule has 0 spiro atoms. The molecule has 7 nitrogen and oxygen atoms in total. The molecule has 4 heterocycles. The normalized spacial score (nSPS) is 15.1. The molecule has 1 fully saturated rings. The zero-order chi connectivity index (χ0) is 26.2. The van der Waals surface area contributed by atoms with Crippen molar-refractivity contribution in [1.82, 2.24) is 29.1 Å². The molecular weight excluding hydrogens is 458 g/mol. The highest BCUT2D eigenvalue weighted by molar-refractivity contribution is 5.75. The molecule has 0 atom stereocenters. The molecule has 0 amide bonds. The van der Waals surface area contributed by atoms with Crippen LogP contribution in [0.3, 0.4) is 0 Å². The van der Waals surface area contributed by atoms with Crippen molar-refractivity contribution in [3.63, 3.8) is 0 Å². The standard InChI is InChI=1S/C30H41N7/c1-7-26-31-13-17-36(26)14-10-22-11-15-37(16-12-22)29-33-25(27-28(34-29)32-20-35(27)6)19-23-18-24(30(3,4)5)9-8-21(23)2/h8-9,13,17-18,20,22H,7,10-12,14-16,19H2,1-6H3. The predicted octanol–water partition coefficient (Wildman–Crippen LogP) is 5.63. The fraction of sp³-hybridized carbons (Fsp3) is 0.533. The van der Waals surface area contributed by atoms with Crippen LogP contribution in [0, 0.1) is 12.8 Å². The van der Waals surface area contributed by atoms with Gasteiger partial charge in [0.15, 0.2) is 5.65 Å². The predicted molar refractivity (Wildman–Crippen MR) is 150 cm³/mol. The van der Waals surface area contributed by atoms with Gasteiger partial charge in [0, 0.05) is 51.9 Å². The second kappa shape index (κ2) is 10.3. The van der Waals surface area contributed by atoms with Crippen LogP contribution < -0.4 is 4.90 Å². The summed E-state index contributed by atoms with van der Waals surface area (Å²) in [6.07, 6.45) is 11.2. The molecule has 4 aromatic rings. The molecule has 0 unspecified atom stereocenters. The van der Waals surface area contributed by atoms with Crippen LogP contribution in [-0.2, 0) is 31.8 Å². The van der Waals surface area contributed by atoms with Gasteiger partial charge in [-0.1, -0.05) is 45.9 Å². The Balaban J connectivity index is 1.34. The van der Waals surface area contributed by atoms with Crippen LogP contribution in [0.4, 0.5) is 5.95 Å². The SMILES string of the molecule is CCc1nccn1CCC1CCN(c2nc(Cc3cc(C(C)(C)C)ccc3C)c3c(ncn3C)n2)CC1. The number of rotatable bonds is 7. The summed E-state index contributed by atoms with van der Waals surface area (Å²) in [6, 6.07) is 6.86. The number of nitrogens with zero attached hydrogens (tertiary/aromatic N) is 7. The number of piperidine rings is 1. The van der Waals surface area contributed by atoms with Gasteiger partial charge in [0.1, 0.15) is 11.3 Å². The molecule has 0 aliphatic carbocycles. The van der Waals surface area contributed by atoms with Gasteiger partial charge in [-0.2, -0.15) is 4.98 Å². The van der Waals surface area contributed by atoms with Crippen LogP contribution in [0.1, 0.15) is 75.2 Å². The van der Waals surface area contributed by atoms with Gasteiger partial charge in [0.05, 0.1) is 12.0 Å². The van der Waals surface area contributed by atoms with Gasteiger partial charge < -0.3 is 14.0 Å². The summed E-state index contributed by atoms with van der Waals surface area (Å²) in [5, 5.41) is 0. The molecule has 1 aliphatic heterocycles. The van der Waals surface area contributed by atoms with Crippen LogP contribution in [0.5, 0.6) is 0 Å². The summed E-state index contributed by atoms with van der Waals surface area (Å²) in [7, 11) is 2.04. The minimum atomic E-state index is 0.113. The fourth-order valence-electron chi connectivity index (χ4n) is 5.50. The molecule has 1 aromatic carbocycles. The summed E-state index contributed by atoms with van der Waals surface area (Å²) in [5.74, 6) is 2.74. The molecule has 1 saturated heterocycles. The number of aromatic nitrogens is 6. The molecule has 0 radical (unpaired) electrons. The number of hydrogen-bond acceptors (Lipinski definition) is 5. The first kappa shape index (κ1) is 25.4. The van der Waals surface area contributed by atoms with Crippen LogP contribution in [0.25, 0.3) is 11.2 Å². The first-order valence-electron chi connectivity index (χ1n) is 13.8. The maximum absolute atomic E-state index is 5.16. The number of aryl methyl sites for hydroxylation is 4. The summed E-state index contributed by atoms with van der Waals surface area (Å²) in [6.45, 7) is 14.2. The van der Waals surface area contributed by atoms with Gasteiger partial charge >= 0.3 is 0 Å². The molecule has 0 bridgehead atoms. The smallest absolute Gasteiger partial charge is 0.227 e. The maximum atomic E-state index is 5.16. The lowest BCUT2D eigenvalue weighted by Crippen LogP contribution is -2.35. The Labute approximate surface area is 221 Å². The van der Waals surface area contributed by atoms with Gasteiger partial charge in [0.25, 0.3) is 0 Å². The van der Waals surface area contributed by atoms with E-state index in [1.54, 1.807) is 0 Å². The van der Waals surface area contributed by atoms with E-state index in [0.717, 1.165) is 61.2 Å². The quantitative estimate of drug-likeness (QED) is 0.330. The van der Waals surface area contributed by atoms with E-state index in [4.69, 9.17) is 9.97 Å². The van der Waals surface area contributed by atoms with Crippen LogP contribution in [-0.4, -0.2) is 42.2 Å². The zero-order valence-corrected chi connectivity index (χ0v) is 23.3. The van der Waals surface area contributed by atoms with Crippen LogP contribution >= 0.6 is 0 Å². The average molecular weight is 500 g/mol. The Kier molecular flexibility index (Phi) is 7.06. The minimum Gasteiger partial charge on any atom is -0.341 e. The van der Waals surface area contributed by atoms with Crippen LogP contribution in [0.2, 0.25) is 0 Å². The summed E-state index contributed by atoms with van der Waals surface area (Å²) < 4.78 is 4.37. The van der Waals surface area contributed by atoms with Crippen molar-refractivity contribution in [3.8, 4) is 0 Å². The summed E-state index contributed by atoms with van der Waals surface area (Å²) >= 11 is 0. The number of anilines is 1. The van der Waals surface area contributed by atoms with Crippen molar-refractivity contribution >= 4 is 17.1 Å². The van der Waals surface area contributed by atoms with Gasteiger partial charge in [0.2, 0.25) is 5.95 Å². The third kappa shape index (κ3) is 5.41. The number of fused-ring (bicyclic) bond motifs is 1. The van der Waals surface area contributed by atoms with Gasteiger partial charge in [-0.3, -0.25) is 0 Å². The molecule has 0 saturated carbocycles. The van der Waals surface area contributed by atoms with E-state index in [1.807, 2.05) is 19.6 Å². The molecule has 0 N–H and O–H groups in total. The number of imidazole rings is 2. The zero-order valence-electron chi connectivity index (χ0n) is 23.3. The van der Waals surface area contributed by atoms with Crippen molar-refractivity contribution in [1.29, 1.82) is 0 Å². The fourth-order valence-corrected chi connectivity index (χ4v) is 5.50. The topological polar surface area (TPSA) is 64.7 Å². The Morgan fingerprint density at radius 2 is 1.84 bits per heavy atom. The lowest BCUT2D eigenvalue weighted by molar-refractivity contribution is 0.357. The van der Waals surface area contributed by atoms with Crippen molar-refractivity contribution in [2.45, 2.75) is 78.7 Å². The first-order chi connectivity index (χ1) is 17.7. The van der Waals surface area contributed by atoms with E-state index in [9.17, 15) is 0 Å². The van der Waals surface area contributed by atoms with Gasteiger partial charge in [-0.25, -0.2) is 15.0 Å². The molecule has 196 valence electrons. The minimum absolute atomic E-state index is 0.113. The van der Waals surface area contributed by atoms with Crippen molar-refractivity contribution < 1.29 is 0 Å². The molecule has 37 heavy (non-hydrogen) atoms. The van der Waals surface area contributed by atoms with E-state index in [0.29, 0.717) is 0 Å². The lowest BCUT2D eigenvalue weighted by Gasteiger charge is -2.32. The second-order valence-corrected chi connectivity index (χ2v) is 11.7. The summed E-state index contributed by atoms with van der Waals surface area (Å²) in [4.78, 5) is 21.5. The third-order valence-corrected chi connectivity index (χ3v) is 8.00. The Morgan fingerprint density at radius 1 is 1.05 bits per heavy atom. The van der Waals surface area contributed by atoms with E-state index < -0.39 is 0 Å². The van der Waals surface area contributed by atoms with E-state index in [-0.39, 0.29) is 5.41 Å². The van der Waals surface area contributed by atoms with Crippen molar-refractivity contribution in [3.05, 3.63) is 65.1 Å².